The molecule has 0 spiro atoms. The Morgan fingerprint density at radius 1 is 1.26 bits per heavy atom. The second-order valence-corrected chi connectivity index (χ2v) is 4.59. The van der Waals surface area contributed by atoms with Crippen molar-refractivity contribution in [2.75, 3.05) is 16.8 Å². The average Bonchev–Trinajstić information content (AvgIpc) is 2.43. The van der Waals surface area contributed by atoms with Gasteiger partial charge < -0.3 is 10.2 Å². The van der Waals surface area contributed by atoms with Crippen molar-refractivity contribution >= 4 is 28.7 Å². The van der Waals surface area contributed by atoms with Crippen LogP contribution in [0.25, 0.3) is 0 Å². The fraction of sp³-hybridized carbons (Fsp3) is 0.200. The maximum Gasteiger partial charge on any atom is 0.177 e. The molecule has 1 aromatic heterocycles. The summed E-state index contributed by atoms with van der Waals surface area (Å²) in [5.74, 6) is 0. The zero-order chi connectivity index (χ0) is 13.7. The Hall–Kier alpha value is -1.94. The molecule has 0 fully saturated rings. The van der Waals surface area contributed by atoms with Gasteiger partial charge in [0.1, 0.15) is 0 Å². The van der Waals surface area contributed by atoms with Gasteiger partial charge in [0, 0.05) is 18.4 Å². The number of hydrogen-bond donors (Lipinski definition) is 1. The molecule has 0 aliphatic carbocycles. The van der Waals surface area contributed by atoms with Gasteiger partial charge in [0.2, 0.25) is 0 Å². The molecule has 0 saturated heterocycles. The van der Waals surface area contributed by atoms with Gasteiger partial charge in [-0.15, -0.1) is 0 Å². The standard InChI is InChI=1S/C15H17N3S/c1-3-18(14-9-5-4-7-12(14)2)15(19)17-13-8-6-10-16-11-13/h4-11H,3H2,1-2H3,(H,17,19). The Morgan fingerprint density at radius 3 is 2.68 bits per heavy atom. The molecule has 0 radical (unpaired) electrons. The highest BCUT2D eigenvalue weighted by atomic mass is 32.1. The fourth-order valence-electron chi connectivity index (χ4n) is 1.92. The lowest BCUT2D eigenvalue weighted by atomic mass is 10.2. The molecule has 1 heterocycles. The Balaban J connectivity index is 2.19. The summed E-state index contributed by atoms with van der Waals surface area (Å²) < 4.78 is 0. The van der Waals surface area contributed by atoms with Crippen LogP contribution in [0.15, 0.2) is 48.8 Å². The second-order valence-electron chi connectivity index (χ2n) is 4.20. The normalized spacial score (nSPS) is 10.0. The molecule has 3 nitrogen and oxygen atoms in total. The Morgan fingerprint density at radius 2 is 2.05 bits per heavy atom. The Labute approximate surface area is 119 Å². The minimum atomic E-state index is 0.685. The first-order valence-corrected chi connectivity index (χ1v) is 6.67. The molecule has 2 aromatic rings. The van der Waals surface area contributed by atoms with Crippen LogP contribution in [0.2, 0.25) is 0 Å². The van der Waals surface area contributed by atoms with E-state index in [1.54, 1.807) is 12.4 Å². The van der Waals surface area contributed by atoms with Gasteiger partial charge in [-0.1, -0.05) is 18.2 Å². The first kappa shape index (κ1) is 13.5. The predicted molar refractivity (Wildman–Crippen MR) is 84.7 cm³/mol. The van der Waals surface area contributed by atoms with E-state index in [0.29, 0.717) is 5.11 Å². The van der Waals surface area contributed by atoms with Crippen molar-refractivity contribution in [3.63, 3.8) is 0 Å². The van der Waals surface area contributed by atoms with Gasteiger partial charge in [-0.2, -0.15) is 0 Å². The number of hydrogen-bond acceptors (Lipinski definition) is 2. The third-order valence-corrected chi connectivity index (χ3v) is 3.20. The van der Waals surface area contributed by atoms with Crippen molar-refractivity contribution < 1.29 is 0 Å². The molecule has 0 atom stereocenters. The molecule has 1 N–H and O–H groups in total. The van der Waals surface area contributed by atoms with Gasteiger partial charge in [0.25, 0.3) is 0 Å². The van der Waals surface area contributed by atoms with Crippen molar-refractivity contribution in [3.05, 3.63) is 54.4 Å². The molecule has 0 bridgehead atoms. The van der Waals surface area contributed by atoms with Crippen LogP contribution in [0.5, 0.6) is 0 Å². The monoisotopic (exact) mass is 271 g/mol. The molecule has 19 heavy (non-hydrogen) atoms. The summed E-state index contributed by atoms with van der Waals surface area (Å²) in [6.07, 6.45) is 3.51. The van der Waals surface area contributed by atoms with Gasteiger partial charge in [-0.25, -0.2) is 0 Å². The van der Waals surface area contributed by atoms with Crippen LogP contribution in [0.1, 0.15) is 12.5 Å². The SMILES string of the molecule is CCN(C(=S)Nc1cccnc1)c1ccccc1C. The number of anilines is 2. The molecule has 0 unspecified atom stereocenters. The van der Waals surface area contributed by atoms with E-state index >= 15 is 0 Å². The van der Waals surface area contributed by atoms with Crippen molar-refractivity contribution in [2.45, 2.75) is 13.8 Å². The van der Waals surface area contributed by atoms with Crippen LogP contribution in [0.4, 0.5) is 11.4 Å². The molecule has 98 valence electrons. The molecule has 2 rings (SSSR count). The van der Waals surface area contributed by atoms with Crippen molar-refractivity contribution in [2.24, 2.45) is 0 Å². The minimum Gasteiger partial charge on any atom is -0.331 e. The van der Waals surface area contributed by atoms with E-state index in [4.69, 9.17) is 12.2 Å². The van der Waals surface area contributed by atoms with Crippen molar-refractivity contribution in [1.29, 1.82) is 0 Å². The topological polar surface area (TPSA) is 28.2 Å². The summed E-state index contributed by atoms with van der Waals surface area (Å²) in [4.78, 5) is 6.15. The summed E-state index contributed by atoms with van der Waals surface area (Å²) in [6.45, 7) is 4.99. The van der Waals surface area contributed by atoms with E-state index in [2.05, 4.69) is 41.2 Å². The van der Waals surface area contributed by atoms with Crippen LogP contribution in [-0.4, -0.2) is 16.6 Å². The zero-order valence-corrected chi connectivity index (χ0v) is 11.9. The quantitative estimate of drug-likeness (QED) is 0.863. The maximum absolute atomic E-state index is 5.49. The summed E-state index contributed by atoms with van der Waals surface area (Å²) in [5.41, 5.74) is 3.24. The molecular weight excluding hydrogens is 254 g/mol. The third kappa shape index (κ3) is 3.29. The number of aromatic nitrogens is 1. The minimum absolute atomic E-state index is 0.685. The number of benzene rings is 1. The smallest absolute Gasteiger partial charge is 0.177 e. The van der Waals surface area contributed by atoms with Crippen LogP contribution in [0.3, 0.4) is 0 Å². The van der Waals surface area contributed by atoms with Crippen LogP contribution in [-0.2, 0) is 0 Å². The largest absolute Gasteiger partial charge is 0.331 e. The van der Waals surface area contributed by atoms with E-state index < -0.39 is 0 Å². The van der Waals surface area contributed by atoms with Gasteiger partial charge in [0.15, 0.2) is 5.11 Å². The first-order chi connectivity index (χ1) is 9.22. The number of thiocarbonyl (C=S) groups is 1. The summed E-state index contributed by atoms with van der Waals surface area (Å²) in [6, 6.07) is 12.1. The summed E-state index contributed by atoms with van der Waals surface area (Å²) in [5, 5.41) is 3.90. The lowest BCUT2D eigenvalue weighted by Crippen LogP contribution is -2.35. The summed E-state index contributed by atoms with van der Waals surface area (Å²) in [7, 11) is 0. The molecular formula is C15H17N3S. The van der Waals surface area contributed by atoms with Gasteiger partial charge in [0.05, 0.1) is 11.9 Å². The zero-order valence-electron chi connectivity index (χ0n) is 11.1. The molecule has 0 aliphatic rings. The van der Waals surface area contributed by atoms with E-state index in [-0.39, 0.29) is 0 Å². The van der Waals surface area contributed by atoms with Crippen LogP contribution in [0, 0.1) is 6.92 Å². The van der Waals surface area contributed by atoms with Gasteiger partial charge in [-0.05, 0) is 49.8 Å². The highest BCUT2D eigenvalue weighted by Crippen LogP contribution is 2.20. The highest BCUT2D eigenvalue weighted by Gasteiger charge is 2.11. The second kappa shape index (κ2) is 6.29. The Bertz CT molecular complexity index is 554. The molecule has 4 heteroatoms. The lowest BCUT2D eigenvalue weighted by Gasteiger charge is -2.26. The maximum atomic E-state index is 5.49. The van der Waals surface area contributed by atoms with E-state index in [9.17, 15) is 0 Å². The molecule has 1 aromatic carbocycles. The fourth-order valence-corrected chi connectivity index (χ4v) is 2.26. The molecule has 0 saturated carbocycles. The number of nitrogens with one attached hydrogen (secondary N) is 1. The number of para-hydroxylation sites is 1. The number of aryl methyl sites for hydroxylation is 1. The number of rotatable bonds is 3. The van der Waals surface area contributed by atoms with Crippen LogP contribution >= 0.6 is 12.2 Å². The Kier molecular flexibility index (Phi) is 4.47. The number of pyridine rings is 1. The number of nitrogens with zero attached hydrogens (tertiary/aromatic N) is 2. The van der Waals surface area contributed by atoms with Gasteiger partial charge in [-0.3, -0.25) is 4.98 Å². The van der Waals surface area contributed by atoms with Gasteiger partial charge >= 0.3 is 0 Å². The van der Waals surface area contributed by atoms with Crippen molar-refractivity contribution in [3.8, 4) is 0 Å². The van der Waals surface area contributed by atoms with Crippen molar-refractivity contribution in [1.82, 2.24) is 4.98 Å². The van der Waals surface area contributed by atoms with E-state index in [0.717, 1.165) is 17.9 Å². The highest BCUT2D eigenvalue weighted by molar-refractivity contribution is 7.80. The van der Waals surface area contributed by atoms with E-state index in [1.807, 2.05) is 24.3 Å². The lowest BCUT2D eigenvalue weighted by molar-refractivity contribution is 1.06. The molecule has 0 amide bonds. The average molecular weight is 271 g/mol. The van der Waals surface area contributed by atoms with Crippen LogP contribution < -0.4 is 10.2 Å². The molecule has 0 aliphatic heterocycles. The third-order valence-electron chi connectivity index (χ3n) is 2.88. The summed E-state index contributed by atoms with van der Waals surface area (Å²) >= 11 is 5.49. The predicted octanol–water partition coefficient (Wildman–Crippen LogP) is 3.61. The van der Waals surface area contributed by atoms with E-state index in [1.165, 1.54) is 5.56 Å². The first-order valence-electron chi connectivity index (χ1n) is 6.26.